The fourth-order valence-corrected chi connectivity index (χ4v) is 9.97. The number of ether oxygens (including phenoxy) is 1. The van der Waals surface area contributed by atoms with Crippen molar-refractivity contribution in [3.05, 3.63) is 41.7 Å². The highest BCUT2D eigenvalue weighted by Crippen LogP contribution is 3.00. The number of likely N-dealkylation sites (tertiary alicyclic amines) is 1. The highest BCUT2D eigenvalue weighted by molar-refractivity contribution is 5.97. The van der Waals surface area contributed by atoms with Crippen LogP contribution in [0.2, 0.25) is 0 Å². The largest absolute Gasteiger partial charge is 0.471 e. The topological polar surface area (TPSA) is 124 Å². The number of aromatic nitrogens is 1. The molecule has 0 radical (unpaired) electrons. The highest BCUT2D eigenvalue weighted by Gasteiger charge is 3.02. The molecule has 1 aromatic carbocycles. The van der Waals surface area contributed by atoms with Gasteiger partial charge in [-0.2, -0.15) is 18.4 Å². The Morgan fingerprint density at radius 1 is 1.19 bits per heavy atom. The van der Waals surface area contributed by atoms with Crippen LogP contribution in [0.4, 0.5) is 13.2 Å². The summed E-state index contributed by atoms with van der Waals surface area (Å²) in [4.78, 5) is 46.3. The average molecular weight is 650 g/mol. The molecule has 2 aromatic rings. The third kappa shape index (κ3) is 4.04. The lowest BCUT2D eigenvalue weighted by atomic mass is 9.79. The van der Waals surface area contributed by atoms with Crippen LogP contribution < -0.4 is 10.6 Å². The summed E-state index contributed by atoms with van der Waals surface area (Å²) in [6.07, 6.45) is 2.33. The van der Waals surface area contributed by atoms with Gasteiger partial charge in [0.25, 0.3) is 0 Å². The minimum absolute atomic E-state index is 0.163. The van der Waals surface area contributed by atoms with Crippen molar-refractivity contribution in [3.8, 4) is 6.07 Å². The number of nitriles is 1. The van der Waals surface area contributed by atoms with E-state index in [0.29, 0.717) is 18.8 Å². The molecule has 6 aliphatic rings. The van der Waals surface area contributed by atoms with Crippen molar-refractivity contribution < 1.29 is 32.3 Å². The number of rotatable bonds is 10. The Labute approximate surface area is 270 Å². The lowest BCUT2D eigenvalue weighted by Crippen LogP contribution is -2.62. The number of pyridine rings is 1. The lowest BCUT2D eigenvalue weighted by Gasteiger charge is -2.41. The number of benzene rings is 1. The fourth-order valence-electron chi connectivity index (χ4n) is 9.97. The summed E-state index contributed by atoms with van der Waals surface area (Å²) in [5, 5.41) is 17.3. The third-order valence-electron chi connectivity index (χ3n) is 13.0. The monoisotopic (exact) mass is 649 g/mol. The van der Waals surface area contributed by atoms with Gasteiger partial charge in [-0.15, -0.1) is 0 Å². The fraction of sp³-hybridized carbons (Fsp3) is 0.629. The van der Waals surface area contributed by atoms with Gasteiger partial charge in [-0.3, -0.25) is 19.4 Å². The molecule has 1 saturated heterocycles. The molecule has 5 fully saturated rings. The van der Waals surface area contributed by atoms with Crippen molar-refractivity contribution in [1.82, 2.24) is 20.5 Å². The molecule has 2 heterocycles. The first-order valence-corrected chi connectivity index (χ1v) is 16.6. The Bertz CT molecular complexity index is 1770. The number of nitrogens with zero attached hydrogens (tertiary/aromatic N) is 3. The summed E-state index contributed by atoms with van der Waals surface area (Å²) < 4.78 is 46.7. The Kier molecular flexibility index (Phi) is 6.16. The van der Waals surface area contributed by atoms with E-state index < -0.39 is 58.5 Å². The number of hydrogen-bond donors (Lipinski definition) is 2. The number of hydrogen-bond acceptors (Lipinski definition) is 6. The quantitative estimate of drug-likeness (QED) is 0.400. The second-order valence-electron chi connectivity index (χ2n) is 15.4. The van der Waals surface area contributed by atoms with E-state index in [1.54, 1.807) is 12.4 Å². The number of piperidine rings is 2. The summed E-state index contributed by atoms with van der Waals surface area (Å²) >= 11 is 0. The van der Waals surface area contributed by atoms with Gasteiger partial charge in [-0.1, -0.05) is 32.0 Å². The minimum Gasteiger partial charge on any atom is -0.369 e. The Hall–Kier alpha value is -3.72. The maximum absolute atomic E-state index is 14.2. The molecule has 1 aliphatic heterocycles. The van der Waals surface area contributed by atoms with Crippen LogP contribution in [-0.2, 0) is 31.0 Å². The van der Waals surface area contributed by atoms with Gasteiger partial charge in [0.2, 0.25) is 11.8 Å². The first-order chi connectivity index (χ1) is 22.2. The van der Waals surface area contributed by atoms with Gasteiger partial charge in [0.1, 0.15) is 12.1 Å². The van der Waals surface area contributed by atoms with E-state index in [1.807, 2.05) is 23.5 Å². The Morgan fingerprint density at radius 3 is 2.57 bits per heavy atom. The van der Waals surface area contributed by atoms with Crippen LogP contribution in [-0.4, -0.2) is 70.7 Å². The molecule has 2 N–H and O–H groups in total. The maximum Gasteiger partial charge on any atom is 0.471 e. The number of halogens is 3. The van der Waals surface area contributed by atoms with E-state index in [2.05, 4.69) is 30.2 Å². The molecule has 6 atom stereocenters. The molecule has 4 saturated carbocycles. The van der Waals surface area contributed by atoms with Crippen molar-refractivity contribution in [3.63, 3.8) is 0 Å². The van der Waals surface area contributed by atoms with Crippen LogP contribution >= 0.6 is 0 Å². The van der Waals surface area contributed by atoms with Gasteiger partial charge < -0.3 is 20.3 Å². The SMILES string of the molecule is C[C@@H](OC1(C2CC2)CC1)[C@H](NC(=O)C(F)(F)F)C(=O)N1CC23CC2([C@H]1C(=O)NCCC1(C#N)Cc2cccc4cncc1c24)C3(C)C. The molecule has 3 unspecified atom stereocenters. The predicted octanol–water partition coefficient (Wildman–Crippen LogP) is 4.08. The molecular weight excluding hydrogens is 611 g/mol. The van der Waals surface area contributed by atoms with Crippen LogP contribution in [0.25, 0.3) is 10.8 Å². The number of amides is 3. The summed E-state index contributed by atoms with van der Waals surface area (Å²) in [6, 6.07) is 5.88. The second kappa shape index (κ2) is 9.46. The molecule has 0 spiro atoms. The molecule has 0 bridgehead atoms. The molecule has 12 heteroatoms. The van der Waals surface area contributed by atoms with E-state index in [4.69, 9.17) is 4.74 Å². The Balaban J connectivity index is 1.03. The molecule has 1 aromatic heterocycles. The molecular formula is C35H38F3N5O4. The van der Waals surface area contributed by atoms with Crippen LogP contribution in [0.15, 0.2) is 30.6 Å². The van der Waals surface area contributed by atoms with Gasteiger partial charge >= 0.3 is 12.1 Å². The predicted molar refractivity (Wildman–Crippen MR) is 162 cm³/mol. The smallest absolute Gasteiger partial charge is 0.369 e. The van der Waals surface area contributed by atoms with Crippen molar-refractivity contribution in [1.29, 1.82) is 5.26 Å². The molecule has 47 heavy (non-hydrogen) atoms. The molecule has 9 nitrogen and oxygen atoms in total. The van der Waals surface area contributed by atoms with Crippen LogP contribution in [0, 0.1) is 33.5 Å². The number of nitrogens with one attached hydrogen (secondary N) is 2. The number of carbonyl (C=O) groups is 3. The second-order valence-corrected chi connectivity index (χ2v) is 15.4. The third-order valence-corrected chi connectivity index (χ3v) is 13.0. The molecule has 5 aliphatic carbocycles. The van der Waals surface area contributed by atoms with E-state index in [9.17, 15) is 32.8 Å². The first kappa shape index (κ1) is 30.6. The summed E-state index contributed by atoms with van der Waals surface area (Å²) in [7, 11) is 0. The summed E-state index contributed by atoms with van der Waals surface area (Å²) in [5.41, 5.74) is -0.454. The average Bonchev–Trinajstić information content (AvgIpc) is 3.95. The minimum atomic E-state index is -5.19. The zero-order valence-corrected chi connectivity index (χ0v) is 26.7. The molecule has 3 amide bonds. The zero-order valence-electron chi connectivity index (χ0n) is 26.7. The van der Waals surface area contributed by atoms with Gasteiger partial charge in [0, 0.05) is 41.7 Å². The van der Waals surface area contributed by atoms with Gasteiger partial charge in [0.05, 0.1) is 23.2 Å². The van der Waals surface area contributed by atoms with Crippen LogP contribution in [0.1, 0.15) is 70.4 Å². The van der Waals surface area contributed by atoms with Gasteiger partial charge in [-0.25, -0.2) is 0 Å². The Morgan fingerprint density at radius 2 is 1.94 bits per heavy atom. The first-order valence-electron chi connectivity index (χ1n) is 16.6. The molecule has 248 valence electrons. The lowest BCUT2D eigenvalue weighted by molar-refractivity contribution is -0.177. The van der Waals surface area contributed by atoms with Crippen molar-refractivity contribution in [2.24, 2.45) is 22.2 Å². The summed E-state index contributed by atoms with van der Waals surface area (Å²) in [5.74, 6) is -3.02. The zero-order chi connectivity index (χ0) is 33.4. The van der Waals surface area contributed by atoms with Crippen LogP contribution in [0.3, 0.4) is 0 Å². The standard InChI is InChI=1S/C35H38F3N5O4/c1-19(47-32(9-10-32)22-7-8-22)25(42-29(46)35(36,37)38)28(45)43-18-33-16-34(33,30(33,2)3)26(43)27(44)41-12-11-31(17-39)13-20-5-4-6-21-14-40-15-23(31)24(20)21/h4-6,14-15,19,22,25-26H,7-13,16,18H2,1-3H3,(H,41,44)(H,42,46)/t19-,25+,26-,31?,33?,34?/m1/s1. The highest BCUT2D eigenvalue weighted by atomic mass is 19.4. The summed E-state index contributed by atoms with van der Waals surface area (Å²) in [6.45, 7) is 6.05. The number of carbonyl (C=O) groups excluding carboxylic acids is 3. The van der Waals surface area contributed by atoms with E-state index in [-0.39, 0.29) is 23.9 Å². The normalized spacial score (nSPS) is 32.9. The van der Waals surface area contributed by atoms with E-state index in [0.717, 1.165) is 54.0 Å². The van der Waals surface area contributed by atoms with Gasteiger partial charge in [0.15, 0.2) is 0 Å². The van der Waals surface area contributed by atoms with Crippen molar-refractivity contribution in [2.75, 3.05) is 13.1 Å². The van der Waals surface area contributed by atoms with Crippen LogP contribution in [0.5, 0.6) is 0 Å². The molecule has 8 rings (SSSR count). The van der Waals surface area contributed by atoms with Crippen molar-refractivity contribution >= 4 is 28.5 Å². The maximum atomic E-state index is 14.2. The number of alkyl halides is 3. The van der Waals surface area contributed by atoms with Gasteiger partial charge in [-0.05, 0) is 79.7 Å². The van der Waals surface area contributed by atoms with Crippen molar-refractivity contribution in [2.45, 2.75) is 101 Å². The van der Waals surface area contributed by atoms with E-state index >= 15 is 0 Å². The van der Waals surface area contributed by atoms with E-state index in [1.165, 1.54) is 11.8 Å².